The van der Waals surface area contributed by atoms with Gasteiger partial charge in [-0.2, -0.15) is 0 Å². The van der Waals surface area contributed by atoms with Crippen molar-refractivity contribution < 1.29 is 0 Å². The van der Waals surface area contributed by atoms with Crippen LogP contribution in [0.1, 0.15) is 27.3 Å². The van der Waals surface area contributed by atoms with Gasteiger partial charge in [-0.05, 0) is 0 Å². The molecule has 0 aromatic carbocycles. The van der Waals surface area contributed by atoms with Crippen LogP contribution in [-0.2, 0) is 12.8 Å². The van der Waals surface area contributed by atoms with Crippen molar-refractivity contribution in [1.29, 1.82) is 5.26 Å². The van der Waals surface area contributed by atoms with Crippen LogP contribution < -0.4 is 5.73 Å². The molecule has 1 aliphatic carbocycles. The van der Waals surface area contributed by atoms with Crippen molar-refractivity contribution in [3.05, 3.63) is 14.4 Å². The predicted octanol–water partition coefficient (Wildman–Crippen LogP) is 1.08. The number of fused-ring (bicyclic) bond motifs is 1. The summed E-state index contributed by atoms with van der Waals surface area (Å²) >= 11 is 0.272. The zero-order valence-corrected chi connectivity index (χ0v) is 8.47. The van der Waals surface area contributed by atoms with E-state index in [0.29, 0.717) is 0 Å². The van der Waals surface area contributed by atoms with Gasteiger partial charge < -0.3 is 0 Å². The summed E-state index contributed by atoms with van der Waals surface area (Å²) in [5.41, 5.74) is 7.99. The topological polar surface area (TPSA) is 49.8 Å². The number of nitriles is 1. The van der Waals surface area contributed by atoms with Crippen LogP contribution in [0.25, 0.3) is 0 Å². The standard InChI is InChI=1S/C9H10N2Se/c10-5-8-9(11)6-3-1-2-4-7(6)12-8/h1-4,11H2. The Labute approximate surface area is 77.7 Å². The third kappa shape index (κ3) is 1.08. The Bertz CT molecular complexity index is 346. The number of rotatable bonds is 0. The van der Waals surface area contributed by atoms with Crippen molar-refractivity contribution in [3.63, 3.8) is 0 Å². The van der Waals surface area contributed by atoms with Gasteiger partial charge in [-0.15, -0.1) is 0 Å². The van der Waals surface area contributed by atoms with Crippen LogP contribution in [0.15, 0.2) is 0 Å². The van der Waals surface area contributed by atoms with Crippen molar-refractivity contribution in [2.24, 2.45) is 0 Å². The van der Waals surface area contributed by atoms with Crippen molar-refractivity contribution in [1.82, 2.24) is 0 Å². The second-order valence-corrected chi connectivity index (χ2v) is 5.38. The molecular weight excluding hydrogens is 215 g/mol. The summed E-state index contributed by atoms with van der Waals surface area (Å²) in [5.74, 6) is 0. The van der Waals surface area contributed by atoms with Crippen LogP contribution in [-0.4, -0.2) is 14.5 Å². The number of hydrogen-bond donors (Lipinski definition) is 1. The Morgan fingerprint density at radius 3 is 2.75 bits per heavy atom. The predicted molar refractivity (Wildman–Crippen MR) is 49.2 cm³/mol. The van der Waals surface area contributed by atoms with E-state index in [9.17, 15) is 0 Å². The molecule has 0 spiro atoms. The van der Waals surface area contributed by atoms with Crippen molar-refractivity contribution >= 4 is 20.2 Å². The Morgan fingerprint density at radius 2 is 2.08 bits per heavy atom. The average Bonchev–Trinajstić information content (AvgIpc) is 2.44. The number of aryl methyl sites for hydroxylation is 1. The van der Waals surface area contributed by atoms with Crippen LogP contribution in [0.3, 0.4) is 0 Å². The van der Waals surface area contributed by atoms with E-state index >= 15 is 0 Å². The molecule has 2 rings (SSSR count). The molecule has 1 aliphatic rings. The van der Waals surface area contributed by atoms with E-state index in [1.54, 1.807) is 0 Å². The molecule has 0 amide bonds. The molecule has 0 unspecified atom stereocenters. The van der Waals surface area contributed by atoms with Gasteiger partial charge >= 0.3 is 77.4 Å². The minimum absolute atomic E-state index is 0.272. The van der Waals surface area contributed by atoms with E-state index in [4.69, 9.17) is 11.0 Å². The molecular formula is C9H10N2Se. The molecule has 0 atom stereocenters. The number of hydrogen-bond acceptors (Lipinski definition) is 2. The number of nitrogens with two attached hydrogens (primary N) is 1. The zero-order valence-electron chi connectivity index (χ0n) is 6.76. The quantitative estimate of drug-likeness (QED) is 0.671. The van der Waals surface area contributed by atoms with Crippen molar-refractivity contribution in [2.75, 3.05) is 5.73 Å². The van der Waals surface area contributed by atoms with E-state index in [-0.39, 0.29) is 14.5 Å². The second-order valence-electron chi connectivity index (χ2n) is 3.07. The number of anilines is 1. The van der Waals surface area contributed by atoms with Crippen LogP contribution in [0.2, 0.25) is 0 Å². The van der Waals surface area contributed by atoms with E-state index < -0.39 is 0 Å². The number of nitrogen functional groups attached to an aromatic ring is 1. The van der Waals surface area contributed by atoms with Crippen LogP contribution in [0.4, 0.5) is 5.69 Å². The monoisotopic (exact) mass is 226 g/mol. The van der Waals surface area contributed by atoms with Gasteiger partial charge in [0.2, 0.25) is 0 Å². The molecule has 1 aromatic heterocycles. The first-order valence-corrected chi connectivity index (χ1v) is 5.84. The summed E-state index contributed by atoms with van der Waals surface area (Å²) in [7, 11) is 0. The minimum atomic E-state index is 0.272. The molecule has 12 heavy (non-hydrogen) atoms. The van der Waals surface area contributed by atoms with Crippen LogP contribution >= 0.6 is 0 Å². The van der Waals surface area contributed by atoms with Crippen LogP contribution in [0.5, 0.6) is 0 Å². The third-order valence-electron chi connectivity index (χ3n) is 2.31. The van der Waals surface area contributed by atoms with Crippen molar-refractivity contribution in [3.8, 4) is 6.07 Å². The van der Waals surface area contributed by atoms with Gasteiger partial charge in [0.25, 0.3) is 0 Å². The molecule has 0 radical (unpaired) electrons. The molecule has 1 aromatic rings. The molecule has 0 bridgehead atoms. The molecule has 1 heterocycles. The van der Waals surface area contributed by atoms with Crippen molar-refractivity contribution in [2.45, 2.75) is 25.7 Å². The maximum absolute atomic E-state index is 8.78. The zero-order chi connectivity index (χ0) is 8.55. The maximum atomic E-state index is 8.78. The fraction of sp³-hybridized carbons (Fsp3) is 0.444. The van der Waals surface area contributed by atoms with E-state index in [1.165, 1.54) is 29.3 Å². The summed E-state index contributed by atoms with van der Waals surface area (Å²) in [6.45, 7) is 0. The average molecular weight is 225 g/mol. The van der Waals surface area contributed by atoms with E-state index in [1.807, 2.05) is 0 Å². The van der Waals surface area contributed by atoms with Gasteiger partial charge in [-0.3, -0.25) is 0 Å². The van der Waals surface area contributed by atoms with E-state index in [2.05, 4.69) is 6.07 Å². The first kappa shape index (κ1) is 7.91. The first-order chi connectivity index (χ1) is 5.83. The summed E-state index contributed by atoms with van der Waals surface area (Å²) in [6, 6.07) is 2.21. The summed E-state index contributed by atoms with van der Waals surface area (Å²) in [6.07, 6.45) is 4.82. The Hall–Kier alpha value is -0.711. The van der Waals surface area contributed by atoms with Gasteiger partial charge in [-0.25, -0.2) is 0 Å². The second kappa shape index (κ2) is 2.97. The molecule has 2 N–H and O–H groups in total. The molecule has 2 nitrogen and oxygen atoms in total. The number of nitrogens with zero attached hydrogens (tertiary/aromatic N) is 1. The Morgan fingerprint density at radius 1 is 1.33 bits per heavy atom. The normalized spacial score (nSPS) is 15.2. The fourth-order valence-corrected chi connectivity index (χ4v) is 4.00. The SMILES string of the molecule is N#Cc1[se]c2c(c1N)CCCC2. The molecule has 62 valence electrons. The summed E-state index contributed by atoms with van der Waals surface area (Å²) in [4.78, 5) is 0. The molecule has 0 saturated carbocycles. The fourth-order valence-electron chi connectivity index (χ4n) is 1.67. The van der Waals surface area contributed by atoms with Gasteiger partial charge in [-0.1, -0.05) is 0 Å². The Balaban J connectivity index is 2.53. The summed E-state index contributed by atoms with van der Waals surface area (Å²) in [5, 5.41) is 8.78. The van der Waals surface area contributed by atoms with Gasteiger partial charge in [0.05, 0.1) is 0 Å². The third-order valence-corrected chi connectivity index (χ3v) is 4.86. The molecule has 0 saturated heterocycles. The van der Waals surface area contributed by atoms with Gasteiger partial charge in [0.1, 0.15) is 0 Å². The molecule has 0 fully saturated rings. The molecule has 0 aliphatic heterocycles. The van der Waals surface area contributed by atoms with Gasteiger partial charge in [0.15, 0.2) is 0 Å². The van der Waals surface area contributed by atoms with E-state index in [0.717, 1.165) is 16.5 Å². The first-order valence-electron chi connectivity index (χ1n) is 4.13. The Kier molecular flexibility index (Phi) is 1.96. The summed E-state index contributed by atoms with van der Waals surface area (Å²) < 4.78 is 2.34. The van der Waals surface area contributed by atoms with Crippen LogP contribution in [0, 0.1) is 11.3 Å². The molecule has 3 heteroatoms. The van der Waals surface area contributed by atoms with Gasteiger partial charge in [0, 0.05) is 0 Å².